The number of hydrogen-bond donors (Lipinski definition) is 2. The number of carbonyl (C=O) groups is 1. The van der Waals surface area contributed by atoms with Crippen LogP contribution in [-0.2, 0) is 6.54 Å². The Morgan fingerprint density at radius 1 is 1.09 bits per heavy atom. The van der Waals surface area contributed by atoms with E-state index in [1.807, 2.05) is 50.4 Å². The molecule has 1 unspecified atom stereocenters. The van der Waals surface area contributed by atoms with Crippen molar-refractivity contribution in [3.05, 3.63) is 94.9 Å². The van der Waals surface area contributed by atoms with E-state index in [1.54, 1.807) is 18.5 Å². The maximum Gasteiger partial charge on any atom is 0.227 e. The number of hydrogen-bond acceptors (Lipinski definition) is 10. The van der Waals surface area contributed by atoms with Crippen LogP contribution in [0.3, 0.4) is 0 Å². The van der Waals surface area contributed by atoms with E-state index in [0.717, 1.165) is 69.6 Å². The highest BCUT2D eigenvalue weighted by Gasteiger charge is 2.21. The number of benzene rings is 2. The SMILES string of the molecule is Cc1c(Nc2nccc3cc(CN4CCC(O)C4)cnc23)cccc1-c1nccc(-c2nc3cc(C=O)cc(C#N)c3o2)c1C. The molecule has 222 valence electrons. The van der Waals surface area contributed by atoms with Gasteiger partial charge in [-0.05, 0) is 73.4 Å². The molecule has 1 saturated heterocycles. The molecule has 1 aliphatic rings. The Balaban J connectivity index is 1.21. The Morgan fingerprint density at radius 2 is 1.96 bits per heavy atom. The van der Waals surface area contributed by atoms with Gasteiger partial charge in [0.1, 0.15) is 23.4 Å². The summed E-state index contributed by atoms with van der Waals surface area (Å²) in [4.78, 5) is 32.3. The lowest BCUT2D eigenvalue weighted by Gasteiger charge is -2.17. The Labute approximate surface area is 259 Å². The normalized spacial score (nSPS) is 15.0. The Kier molecular flexibility index (Phi) is 7.25. The number of aromatic nitrogens is 4. The first-order valence-corrected chi connectivity index (χ1v) is 14.7. The Bertz CT molecular complexity index is 2150. The van der Waals surface area contributed by atoms with Crippen molar-refractivity contribution in [2.45, 2.75) is 32.9 Å². The number of likely N-dealkylation sites (tertiary alicyclic amines) is 1. The number of pyridine rings is 3. The van der Waals surface area contributed by atoms with Crippen molar-refractivity contribution in [3.8, 4) is 28.8 Å². The molecule has 1 aliphatic heterocycles. The maximum atomic E-state index is 11.4. The standard InChI is InChI=1S/C35H29N7O3/c1-20-27(31-21(2)28(7-10-37-31)35-41-30-14-22(19-43)12-25(15-36)33(30)45-35)4-3-5-29(20)40-34-32-24(6-9-38-34)13-23(16-39-32)17-42-11-8-26(44)18-42/h3-7,9-10,12-14,16,19,26,44H,8,11,17-18H2,1-2H3,(H,38,40). The molecule has 0 bridgehead atoms. The van der Waals surface area contributed by atoms with Crippen LogP contribution in [0.5, 0.6) is 0 Å². The fourth-order valence-electron chi connectivity index (χ4n) is 6.01. The zero-order valence-electron chi connectivity index (χ0n) is 24.8. The van der Waals surface area contributed by atoms with Crippen molar-refractivity contribution in [1.82, 2.24) is 24.8 Å². The van der Waals surface area contributed by atoms with Gasteiger partial charge in [-0.1, -0.05) is 12.1 Å². The van der Waals surface area contributed by atoms with E-state index < -0.39 is 0 Å². The van der Waals surface area contributed by atoms with Crippen LogP contribution < -0.4 is 5.32 Å². The Hall–Kier alpha value is -5.50. The number of nitrogens with zero attached hydrogens (tertiary/aromatic N) is 6. The van der Waals surface area contributed by atoms with E-state index in [-0.39, 0.29) is 11.7 Å². The van der Waals surface area contributed by atoms with Gasteiger partial charge in [0.15, 0.2) is 11.4 Å². The summed E-state index contributed by atoms with van der Waals surface area (Å²) >= 11 is 0. The van der Waals surface area contributed by atoms with Gasteiger partial charge in [0.05, 0.1) is 17.4 Å². The molecular formula is C35H29N7O3. The lowest BCUT2D eigenvalue weighted by atomic mass is 9.97. The molecular weight excluding hydrogens is 566 g/mol. The summed E-state index contributed by atoms with van der Waals surface area (Å²) in [5, 5.41) is 24.0. The fraction of sp³-hybridized carbons (Fsp3) is 0.200. The van der Waals surface area contributed by atoms with E-state index in [4.69, 9.17) is 14.4 Å². The number of aliphatic hydroxyl groups excluding tert-OH is 1. The second-order valence-corrected chi connectivity index (χ2v) is 11.4. The largest absolute Gasteiger partial charge is 0.435 e. The summed E-state index contributed by atoms with van der Waals surface area (Å²) in [5.41, 5.74) is 8.44. The van der Waals surface area contributed by atoms with Crippen molar-refractivity contribution in [2.24, 2.45) is 0 Å². The average Bonchev–Trinajstić information content (AvgIpc) is 3.67. The van der Waals surface area contributed by atoms with Crippen LogP contribution in [0.2, 0.25) is 0 Å². The maximum absolute atomic E-state index is 11.4. The van der Waals surface area contributed by atoms with Crippen LogP contribution in [0.4, 0.5) is 11.5 Å². The van der Waals surface area contributed by atoms with Crippen molar-refractivity contribution in [2.75, 3.05) is 18.4 Å². The fourth-order valence-corrected chi connectivity index (χ4v) is 6.01. The molecule has 45 heavy (non-hydrogen) atoms. The summed E-state index contributed by atoms with van der Waals surface area (Å²) in [6.45, 7) is 6.32. The van der Waals surface area contributed by atoms with E-state index in [0.29, 0.717) is 41.2 Å². The van der Waals surface area contributed by atoms with E-state index in [2.05, 4.69) is 32.3 Å². The molecule has 0 spiro atoms. The molecule has 2 N–H and O–H groups in total. The molecule has 0 radical (unpaired) electrons. The summed E-state index contributed by atoms with van der Waals surface area (Å²) in [5.74, 6) is 1.01. The molecule has 0 aliphatic carbocycles. The van der Waals surface area contributed by atoms with E-state index >= 15 is 0 Å². The first-order chi connectivity index (χ1) is 21.9. The lowest BCUT2D eigenvalue weighted by Crippen LogP contribution is -2.21. The summed E-state index contributed by atoms with van der Waals surface area (Å²) < 4.78 is 6.05. The highest BCUT2D eigenvalue weighted by atomic mass is 16.3. The van der Waals surface area contributed by atoms with Crippen LogP contribution in [0.15, 0.2) is 71.5 Å². The van der Waals surface area contributed by atoms with Gasteiger partial charge in [0, 0.05) is 66.0 Å². The minimum absolute atomic E-state index is 0.254. The van der Waals surface area contributed by atoms with Crippen molar-refractivity contribution in [3.63, 3.8) is 0 Å². The Morgan fingerprint density at radius 3 is 2.76 bits per heavy atom. The topological polar surface area (TPSA) is 141 Å². The van der Waals surface area contributed by atoms with Gasteiger partial charge in [-0.2, -0.15) is 5.26 Å². The van der Waals surface area contributed by atoms with Gasteiger partial charge in [-0.3, -0.25) is 19.7 Å². The van der Waals surface area contributed by atoms with Crippen molar-refractivity contribution >= 4 is 39.8 Å². The highest BCUT2D eigenvalue weighted by Crippen LogP contribution is 2.36. The van der Waals surface area contributed by atoms with Crippen molar-refractivity contribution in [1.29, 1.82) is 5.26 Å². The molecule has 10 nitrogen and oxygen atoms in total. The molecule has 4 aromatic heterocycles. The van der Waals surface area contributed by atoms with Gasteiger partial charge < -0.3 is 14.8 Å². The van der Waals surface area contributed by atoms with E-state index in [1.165, 1.54) is 6.07 Å². The number of nitrogens with one attached hydrogen (secondary N) is 1. The first kappa shape index (κ1) is 28.3. The number of carbonyl (C=O) groups excluding carboxylic acids is 1. The third-order valence-corrected chi connectivity index (χ3v) is 8.35. The first-order valence-electron chi connectivity index (χ1n) is 14.7. The van der Waals surface area contributed by atoms with Gasteiger partial charge >= 0.3 is 0 Å². The third kappa shape index (κ3) is 5.29. The number of nitriles is 1. The van der Waals surface area contributed by atoms with Gasteiger partial charge in [-0.15, -0.1) is 0 Å². The zero-order valence-corrected chi connectivity index (χ0v) is 24.8. The average molecular weight is 596 g/mol. The number of aldehydes is 1. The number of oxazole rings is 1. The van der Waals surface area contributed by atoms with Crippen LogP contribution in [0.25, 0.3) is 44.7 Å². The molecule has 0 amide bonds. The molecule has 5 heterocycles. The van der Waals surface area contributed by atoms with Crippen molar-refractivity contribution < 1.29 is 14.3 Å². The highest BCUT2D eigenvalue weighted by molar-refractivity contribution is 5.92. The summed E-state index contributed by atoms with van der Waals surface area (Å²) in [7, 11) is 0. The van der Waals surface area contributed by atoms with Crippen LogP contribution in [-0.4, -0.2) is 55.4 Å². The summed E-state index contributed by atoms with van der Waals surface area (Å²) in [6.07, 6.45) is 6.62. The molecule has 1 atom stereocenters. The molecule has 1 fully saturated rings. The number of fused-ring (bicyclic) bond motifs is 2. The van der Waals surface area contributed by atoms with Gasteiger partial charge in [0.2, 0.25) is 5.89 Å². The molecule has 7 rings (SSSR count). The predicted octanol–water partition coefficient (Wildman–Crippen LogP) is 6.11. The molecule has 2 aromatic carbocycles. The number of anilines is 2. The third-order valence-electron chi connectivity index (χ3n) is 8.35. The molecule has 6 aromatic rings. The van der Waals surface area contributed by atoms with Crippen LogP contribution in [0, 0.1) is 25.2 Å². The summed E-state index contributed by atoms with van der Waals surface area (Å²) in [6, 6.07) is 17.1. The molecule has 0 saturated carbocycles. The van der Waals surface area contributed by atoms with E-state index in [9.17, 15) is 15.2 Å². The van der Waals surface area contributed by atoms with Gasteiger partial charge in [0.25, 0.3) is 0 Å². The zero-order chi connectivity index (χ0) is 31.1. The minimum atomic E-state index is -0.254. The predicted molar refractivity (Wildman–Crippen MR) is 171 cm³/mol. The monoisotopic (exact) mass is 595 g/mol. The second kappa shape index (κ2) is 11.5. The van der Waals surface area contributed by atoms with Crippen LogP contribution >= 0.6 is 0 Å². The minimum Gasteiger partial charge on any atom is -0.435 e. The van der Waals surface area contributed by atoms with Gasteiger partial charge in [-0.25, -0.2) is 9.97 Å². The number of aliphatic hydroxyl groups is 1. The number of rotatable bonds is 7. The number of β-amino-alcohol motifs (C(OH)–C–C–N with tert-alkyl or cyclic N) is 1. The quantitative estimate of drug-likeness (QED) is 0.208. The lowest BCUT2D eigenvalue weighted by molar-refractivity contribution is 0.112. The molecule has 10 heteroatoms. The second-order valence-electron chi connectivity index (χ2n) is 11.4. The van der Waals surface area contributed by atoms with Crippen LogP contribution in [0.1, 0.15) is 39.0 Å². The smallest absolute Gasteiger partial charge is 0.227 e.